The molecule has 0 bridgehead atoms. The molecule has 1 aromatic heterocycles. The molecule has 1 heterocycles. The average Bonchev–Trinajstić information content (AvgIpc) is 2.96. The fourth-order valence-corrected chi connectivity index (χ4v) is 4.98. The first kappa shape index (κ1) is 16.2. The van der Waals surface area contributed by atoms with E-state index in [2.05, 4.69) is 9.82 Å². The van der Waals surface area contributed by atoms with Crippen LogP contribution in [0.3, 0.4) is 0 Å². The van der Waals surface area contributed by atoms with Crippen LogP contribution < -0.4 is 4.72 Å². The molecule has 0 amide bonds. The van der Waals surface area contributed by atoms with Gasteiger partial charge in [-0.25, -0.2) is 13.1 Å². The van der Waals surface area contributed by atoms with Crippen LogP contribution in [0.1, 0.15) is 35.5 Å². The third-order valence-electron chi connectivity index (χ3n) is 4.37. The lowest BCUT2D eigenvalue weighted by Crippen LogP contribution is -2.34. The van der Waals surface area contributed by atoms with Crippen molar-refractivity contribution in [2.24, 2.45) is 0 Å². The summed E-state index contributed by atoms with van der Waals surface area (Å²) in [5.74, 6) is 0. The van der Waals surface area contributed by atoms with Gasteiger partial charge in [0.15, 0.2) is 0 Å². The lowest BCUT2D eigenvalue weighted by molar-refractivity contribution is 0.151. The van der Waals surface area contributed by atoms with Crippen molar-refractivity contribution in [1.29, 1.82) is 0 Å². The number of hydrogen-bond acceptors (Lipinski definition) is 4. The van der Waals surface area contributed by atoms with Crippen molar-refractivity contribution in [2.75, 3.05) is 0 Å². The van der Waals surface area contributed by atoms with E-state index in [1.807, 2.05) is 31.2 Å². The van der Waals surface area contributed by atoms with Crippen LogP contribution in [0.5, 0.6) is 0 Å². The standard InChI is InChI=1S/C16H21N3O3S/c1-4-19-11(3)16(10(2)17-19)23(21,22)18-15-13-8-6-5-7-12(13)9-14(15)20/h5-8,14-15,18,20H,4,9H2,1-3H3/t14-,15+/m0/s1. The van der Waals surface area contributed by atoms with Gasteiger partial charge in [0.1, 0.15) is 4.90 Å². The Morgan fingerprint density at radius 2 is 2.04 bits per heavy atom. The highest BCUT2D eigenvalue weighted by molar-refractivity contribution is 7.89. The number of aliphatic hydroxyl groups excluding tert-OH is 1. The van der Waals surface area contributed by atoms with E-state index in [1.165, 1.54) is 0 Å². The molecular weight excluding hydrogens is 314 g/mol. The van der Waals surface area contributed by atoms with Gasteiger partial charge in [0.25, 0.3) is 0 Å². The van der Waals surface area contributed by atoms with Crippen molar-refractivity contribution in [2.45, 2.75) is 50.8 Å². The quantitative estimate of drug-likeness (QED) is 0.886. The molecule has 0 radical (unpaired) electrons. The zero-order valence-electron chi connectivity index (χ0n) is 13.4. The molecule has 0 spiro atoms. The summed E-state index contributed by atoms with van der Waals surface area (Å²) < 4.78 is 30.0. The van der Waals surface area contributed by atoms with Crippen LogP contribution >= 0.6 is 0 Å². The van der Waals surface area contributed by atoms with E-state index in [0.29, 0.717) is 24.4 Å². The number of nitrogens with zero attached hydrogens (tertiary/aromatic N) is 2. The molecule has 0 fully saturated rings. The van der Waals surface area contributed by atoms with Gasteiger partial charge in [-0.1, -0.05) is 24.3 Å². The molecule has 0 unspecified atom stereocenters. The van der Waals surface area contributed by atoms with Crippen LogP contribution in [0.15, 0.2) is 29.2 Å². The Labute approximate surface area is 136 Å². The first-order chi connectivity index (χ1) is 10.8. The SMILES string of the molecule is CCn1nc(C)c(S(=O)(=O)N[C@@H]2c3ccccc3C[C@@H]2O)c1C. The Morgan fingerprint density at radius 3 is 2.70 bits per heavy atom. The Balaban J connectivity index is 1.98. The number of nitrogens with one attached hydrogen (secondary N) is 1. The number of benzene rings is 1. The fourth-order valence-electron chi connectivity index (χ4n) is 3.32. The van der Waals surface area contributed by atoms with E-state index >= 15 is 0 Å². The Kier molecular flexibility index (Phi) is 4.03. The van der Waals surface area contributed by atoms with Gasteiger partial charge in [0, 0.05) is 13.0 Å². The summed E-state index contributed by atoms with van der Waals surface area (Å²) in [5, 5.41) is 14.5. The molecule has 0 aliphatic heterocycles. The second-order valence-corrected chi connectivity index (χ2v) is 7.54. The molecular formula is C16H21N3O3S. The van der Waals surface area contributed by atoms with Crippen LogP contribution in [-0.2, 0) is 23.0 Å². The molecule has 124 valence electrons. The van der Waals surface area contributed by atoms with Crippen molar-refractivity contribution < 1.29 is 13.5 Å². The monoisotopic (exact) mass is 335 g/mol. The van der Waals surface area contributed by atoms with Crippen molar-refractivity contribution in [3.8, 4) is 0 Å². The molecule has 23 heavy (non-hydrogen) atoms. The highest BCUT2D eigenvalue weighted by Crippen LogP contribution is 2.33. The maximum absolute atomic E-state index is 12.8. The van der Waals surface area contributed by atoms with E-state index < -0.39 is 22.2 Å². The molecule has 2 aromatic rings. The van der Waals surface area contributed by atoms with Crippen LogP contribution in [0.25, 0.3) is 0 Å². The average molecular weight is 335 g/mol. The molecule has 7 heteroatoms. The van der Waals surface area contributed by atoms with Crippen LogP contribution in [-0.4, -0.2) is 29.4 Å². The Bertz CT molecular complexity index is 842. The Hall–Kier alpha value is -1.70. The van der Waals surface area contributed by atoms with Gasteiger partial charge in [-0.05, 0) is 31.9 Å². The summed E-state index contributed by atoms with van der Waals surface area (Å²) in [6.45, 7) is 5.96. The number of aliphatic hydroxyl groups is 1. The molecule has 3 rings (SSSR count). The third-order valence-corrected chi connectivity index (χ3v) is 6.06. The number of sulfonamides is 1. The van der Waals surface area contributed by atoms with Crippen molar-refractivity contribution in [3.05, 3.63) is 46.8 Å². The van der Waals surface area contributed by atoms with Gasteiger partial charge in [-0.15, -0.1) is 0 Å². The van der Waals surface area contributed by atoms with Crippen LogP contribution in [0, 0.1) is 13.8 Å². The molecule has 1 aromatic carbocycles. The summed E-state index contributed by atoms with van der Waals surface area (Å²) in [5.41, 5.74) is 2.89. The van der Waals surface area contributed by atoms with Crippen molar-refractivity contribution in [1.82, 2.24) is 14.5 Å². The lowest BCUT2D eigenvalue weighted by Gasteiger charge is -2.18. The fraction of sp³-hybridized carbons (Fsp3) is 0.438. The maximum atomic E-state index is 12.8. The van der Waals surface area contributed by atoms with E-state index in [4.69, 9.17) is 0 Å². The van der Waals surface area contributed by atoms with Gasteiger partial charge in [0.05, 0.1) is 23.5 Å². The van der Waals surface area contributed by atoms with Crippen LogP contribution in [0.4, 0.5) is 0 Å². The van der Waals surface area contributed by atoms with Crippen molar-refractivity contribution in [3.63, 3.8) is 0 Å². The van der Waals surface area contributed by atoms with Gasteiger partial charge in [-0.3, -0.25) is 4.68 Å². The second-order valence-electron chi connectivity index (χ2n) is 5.88. The summed E-state index contributed by atoms with van der Waals surface area (Å²) >= 11 is 0. The summed E-state index contributed by atoms with van der Waals surface area (Å²) in [4.78, 5) is 0.205. The highest BCUT2D eigenvalue weighted by atomic mass is 32.2. The highest BCUT2D eigenvalue weighted by Gasteiger charge is 2.36. The van der Waals surface area contributed by atoms with E-state index in [9.17, 15) is 13.5 Å². The Morgan fingerprint density at radius 1 is 1.35 bits per heavy atom. The van der Waals surface area contributed by atoms with Gasteiger partial charge in [0.2, 0.25) is 10.0 Å². The predicted octanol–water partition coefficient (Wildman–Crippen LogP) is 1.46. The third kappa shape index (κ3) is 2.69. The van der Waals surface area contributed by atoms with E-state index in [1.54, 1.807) is 18.5 Å². The van der Waals surface area contributed by atoms with Crippen LogP contribution in [0.2, 0.25) is 0 Å². The van der Waals surface area contributed by atoms with E-state index in [-0.39, 0.29) is 4.90 Å². The normalized spacial score (nSPS) is 20.7. The summed E-state index contributed by atoms with van der Waals surface area (Å²) in [6, 6.07) is 6.89. The second kappa shape index (κ2) is 5.74. The minimum atomic E-state index is -3.76. The largest absolute Gasteiger partial charge is 0.391 e. The minimum absolute atomic E-state index is 0.205. The smallest absolute Gasteiger partial charge is 0.244 e. The van der Waals surface area contributed by atoms with Gasteiger partial charge < -0.3 is 5.11 Å². The first-order valence-corrected chi connectivity index (χ1v) is 9.15. The molecule has 0 saturated carbocycles. The topological polar surface area (TPSA) is 84.2 Å². The summed E-state index contributed by atoms with van der Waals surface area (Å²) in [6.07, 6.45) is -0.306. The molecule has 1 aliphatic rings. The molecule has 2 N–H and O–H groups in total. The lowest BCUT2D eigenvalue weighted by atomic mass is 10.1. The first-order valence-electron chi connectivity index (χ1n) is 7.67. The predicted molar refractivity (Wildman–Crippen MR) is 86.6 cm³/mol. The number of hydrogen-bond donors (Lipinski definition) is 2. The number of aromatic nitrogens is 2. The van der Waals surface area contributed by atoms with Gasteiger partial charge >= 0.3 is 0 Å². The molecule has 1 aliphatic carbocycles. The van der Waals surface area contributed by atoms with E-state index in [0.717, 1.165) is 11.1 Å². The molecule has 0 saturated heterocycles. The number of fused-ring (bicyclic) bond motifs is 1. The minimum Gasteiger partial charge on any atom is -0.391 e. The molecule has 2 atom stereocenters. The zero-order valence-corrected chi connectivity index (χ0v) is 14.3. The number of aryl methyl sites for hydroxylation is 2. The van der Waals surface area contributed by atoms with Gasteiger partial charge in [-0.2, -0.15) is 5.10 Å². The van der Waals surface area contributed by atoms with Crippen molar-refractivity contribution >= 4 is 10.0 Å². The number of rotatable bonds is 4. The maximum Gasteiger partial charge on any atom is 0.244 e. The summed E-state index contributed by atoms with van der Waals surface area (Å²) in [7, 11) is -3.76. The zero-order chi connectivity index (χ0) is 16.8. The molecule has 6 nitrogen and oxygen atoms in total.